The van der Waals surface area contributed by atoms with Gasteiger partial charge in [0.2, 0.25) is 0 Å². The fraction of sp³-hybridized carbons (Fsp3) is 0.176. The Bertz CT molecular complexity index is 689. The van der Waals surface area contributed by atoms with Gasteiger partial charge in [0.1, 0.15) is 0 Å². The van der Waals surface area contributed by atoms with Crippen LogP contribution in [0.25, 0.3) is 16.3 Å². The van der Waals surface area contributed by atoms with Crippen LogP contribution >= 0.6 is 0 Å². The van der Waals surface area contributed by atoms with Gasteiger partial charge in [0, 0.05) is 0 Å². The Balaban J connectivity index is 0.00000133. The molecule has 0 bridgehead atoms. The van der Waals surface area contributed by atoms with E-state index >= 15 is 0 Å². The van der Waals surface area contributed by atoms with Gasteiger partial charge in [0.25, 0.3) is 0 Å². The van der Waals surface area contributed by atoms with Crippen LogP contribution in [-0.2, 0) is 24.7 Å². The second-order valence-corrected chi connectivity index (χ2v) is 6.29. The molecule has 0 nitrogen and oxygen atoms in total. The summed E-state index contributed by atoms with van der Waals surface area (Å²) in [6.45, 7) is 4.55. The van der Waals surface area contributed by atoms with Gasteiger partial charge in [-0.1, -0.05) is 0 Å². The third-order valence-corrected chi connectivity index (χ3v) is 5.78. The summed E-state index contributed by atoms with van der Waals surface area (Å²) in [6.07, 6.45) is 2.41. The second kappa shape index (κ2) is 8.54. The average Bonchev–Trinajstić information content (AvgIpc) is 2.66. The summed E-state index contributed by atoms with van der Waals surface area (Å²) in [5, 5.41) is 2.64. The molecule has 0 heterocycles. The van der Waals surface area contributed by atoms with Crippen LogP contribution in [0.3, 0.4) is 0 Å². The van der Waals surface area contributed by atoms with Gasteiger partial charge < -0.3 is 37.2 Å². The summed E-state index contributed by atoms with van der Waals surface area (Å²) in [7, 11) is 0. The Morgan fingerprint density at radius 1 is 0.905 bits per heavy atom. The van der Waals surface area contributed by atoms with E-state index in [4.69, 9.17) is 0 Å². The van der Waals surface area contributed by atoms with Crippen molar-refractivity contribution < 1.29 is 61.9 Å². The van der Waals surface area contributed by atoms with Gasteiger partial charge in [-0.05, 0) is 0 Å². The van der Waals surface area contributed by atoms with E-state index in [1.807, 2.05) is 0 Å². The van der Waals surface area contributed by atoms with E-state index in [1.54, 1.807) is 28.0 Å². The summed E-state index contributed by atoms with van der Waals surface area (Å²) in [5.41, 5.74) is 4.27. The first kappa shape index (κ1) is 20.9. The van der Waals surface area contributed by atoms with Crippen LogP contribution in [0.1, 0.15) is 19.4 Å². The van der Waals surface area contributed by atoms with Crippen LogP contribution in [0.2, 0.25) is 0 Å². The van der Waals surface area contributed by atoms with Crippen LogP contribution in [-0.4, -0.2) is 0 Å². The number of halogens is 3. The van der Waals surface area contributed by atoms with Crippen molar-refractivity contribution in [1.82, 2.24) is 0 Å². The molecule has 2 aromatic rings. The zero-order valence-corrected chi connectivity index (χ0v) is 16.6. The quantitative estimate of drug-likeness (QED) is 0.441. The molecule has 0 saturated heterocycles. The summed E-state index contributed by atoms with van der Waals surface area (Å²) in [5.74, 6) is 0.615. The molecule has 0 aliphatic heterocycles. The monoisotopic (exact) mass is 414 g/mol. The second-order valence-electron chi connectivity index (χ2n) is 4.97. The van der Waals surface area contributed by atoms with Crippen molar-refractivity contribution in [3.63, 3.8) is 0 Å². The van der Waals surface area contributed by atoms with Crippen molar-refractivity contribution in [3.05, 3.63) is 63.0 Å². The smallest absolute Gasteiger partial charge is 1.00 e. The van der Waals surface area contributed by atoms with E-state index in [1.165, 1.54) is 27.5 Å². The zero-order valence-electron chi connectivity index (χ0n) is 11.8. The van der Waals surface area contributed by atoms with E-state index in [0.717, 1.165) is 0 Å². The third kappa shape index (κ3) is 4.02. The minimum atomic E-state index is 0. The molecule has 2 aromatic carbocycles. The van der Waals surface area contributed by atoms with Crippen LogP contribution < -0.4 is 37.2 Å². The van der Waals surface area contributed by atoms with Crippen molar-refractivity contribution in [2.75, 3.05) is 0 Å². The number of hydrogen-bond donors (Lipinski definition) is 0. The molecular weight excluding hydrogens is 402 g/mol. The molecule has 0 spiro atoms. The molecule has 0 aromatic heterocycles. The molecule has 1 aliphatic rings. The number of fused-ring (bicyclic) bond motifs is 1. The third-order valence-electron chi connectivity index (χ3n) is 3.74. The predicted octanol–water partition coefficient (Wildman–Crippen LogP) is -4.29. The minimum absolute atomic E-state index is 0. The number of benzene rings is 2. The molecule has 0 amide bonds. The first-order chi connectivity index (χ1) is 8.66. The van der Waals surface area contributed by atoms with Gasteiger partial charge in [-0.15, -0.1) is 0 Å². The fourth-order valence-electron chi connectivity index (χ4n) is 2.61. The van der Waals surface area contributed by atoms with Crippen LogP contribution in [0.5, 0.6) is 0 Å². The Labute approximate surface area is 160 Å². The molecule has 3 rings (SSSR count). The maximum atomic E-state index is 2.41. The summed E-state index contributed by atoms with van der Waals surface area (Å²) in [6, 6.07) is 15.3. The standard InChI is InChI=1S/C17H15.3ClH.Zr/c1-12-9-13(2)17(10-12)16-8-7-14-5-3-4-6-15(14)11-16;;;;/h3-8,10-12H,1-2H3;3*1H;/q;;;;+3/p-3. The van der Waals surface area contributed by atoms with Gasteiger partial charge in [0.05, 0.1) is 0 Å². The SMILES string of the molecule is CC1=[C]([Zr+3])C(C)C=C1c1ccc2ccccc2c1.[Cl-].[Cl-].[Cl-]. The van der Waals surface area contributed by atoms with Gasteiger partial charge in [0.15, 0.2) is 0 Å². The number of allylic oxidation sites excluding steroid dienone is 4. The molecule has 108 valence electrons. The summed E-state index contributed by atoms with van der Waals surface area (Å²) < 4.78 is 1.59. The van der Waals surface area contributed by atoms with Gasteiger partial charge >= 0.3 is 124 Å². The maximum Gasteiger partial charge on any atom is -1.00 e. The van der Waals surface area contributed by atoms with Crippen molar-refractivity contribution in [1.29, 1.82) is 0 Å². The Hall–Kier alpha value is -0.0669. The Morgan fingerprint density at radius 3 is 2.10 bits per heavy atom. The van der Waals surface area contributed by atoms with Crippen LogP contribution in [0.4, 0.5) is 0 Å². The number of rotatable bonds is 1. The fourth-order valence-corrected chi connectivity index (χ4v) is 3.15. The van der Waals surface area contributed by atoms with Crippen molar-refractivity contribution in [2.24, 2.45) is 5.92 Å². The van der Waals surface area contributed by atoms with Crippen LogP contribution in [0.15, 0.2) is 57.4 Å². The molecule has 1 atom stereocenters. The van der Waals surface area contributed by atoms with Crippen molar-refractivity contribution >= 4 is 16.3 Å². The Morgan fingerprint density at radius 2 is 1.52 bits per heavy atom. The van der Waals surface area contributed by atoms with E-state index < -0.39 is 0 Å². The zero-order chi connectivity index (χ0) is 12.7. The van der Waals surface area contributed by atoms with Gasteiger partial charge in [-0.25, -0.2) is 0 Å². The minimum Gasteiger partial charge on any atom is -1.00 e. The normalized spacial score (nSPS) is 16.8. The molecule has 0 N–H and O–H groups in total. The first-order valence-corrected chi connectivity index (χ1v) is 7.53. The van der Waals surface area contributed by atoms with E-state index in [2.05, 4.69) is 62.4 Å². The molecule has 0 radical (unpaired) electrons. The van der Waals surface area contributed by atoms with Crippen LogP contribution in [0, 0.1) is 5.92 Å². The molecule has 1 aliphatic carbocycles. The molecule has 4 heteroatoms. The van der Waals surface area contributed by atoms with Gasteiger partial charge in [-0.2, -0.15) is 0 Å². The first-order valence-electron chi connectivity index (χ1n) is 6.30. The van der Waals surface area contributed by atoms with E-state index in [9.17, 15) is 0 Å². The molecule has 0 fully saturated rings. The average molecular weight is 417 g/mol. The predicted molar refractivity (Wildman–Crippen MR) is 73.8 cm³/mol. The molecule has 1 unspecified atom stereocenters. The largest absolute Gasteiger partial charge is 1.00 e. The van der Waals surface area contributed by atoms with E-state index in [-0.39, 0.29) is 37.2 Å². The molecule has 21 heavy (non-hydrogen) atoms. The summed E-state index contributed by atoms with van der Waals surface area (Å²) >= 11 is 1.55. The van der Waals surface area contributed by atoms with Crippen molar-refractivity contribution in [3.8, 4) is 0 Å². The molecular formula is C17H15Cl3Zr. The topological polar surface area (TPSA) is 0 Å². The van der Waals surface area contributed by atoms with Gasteiger partial charge in [-0.3, -0.25) is 0 Å². The van der Waals surface area contributed by atoms with Crippen molar-refractivity contribution in [2.45, 2.75) is 13.8 Å². The Kier molecular flexibility index (Phi) is 8.51. The molecule has 0 saturated carbocycles. The number of hydrogen-bond acceptors (Lipinski definition) is 0. The van der Waals surface area contributed by atoms with E-state index in [0.29, 0.717) is 5.92 Å². The summed E-state index contributed by atoms with van der Waals surface area (Å²) in [4.78, 5) is 0. The maximum absolute atomic E-state index is 2.41.